The second-order valence-electron chi connectivity index (χ2n) is 6.16. The van der Waals surface area contributed by atoms with E-state index in [1.54, 1.807) is 0 Å². The highest BCUT2D eigenvalue weighted by Gasteiger charge is 2.18. The van der Waals surface area contributed by atoms with E-state index >= 15 is 0 Å². The van der Waals surface area contributed by atoms with Crippen molar-refractivity contribution in [3.63, 3.8) is 0 Å². The van der Waals surface area contributed by atoms with Crippen molar-refractivity contribution in [2.45, 2.75) is 0 Å². The molecule has 2 aromatic carbocycles. The van der Waals surface area contributed by atoms with E-state index in [-0.39, 0.29) is 22.6 Å². The Morgan fingerprint density at radius 3 is 1.42 bits per heavy atom. The Bertz CT molecular complexity index is 1250. The molecule has 15 heteroatoms. The van der Waals surface area contributed by atoms with Crippen LogP contribution in [0.4, 0.5) is 11.4 Å². The number of nitro benzene ring substituents is 2. The van der Waals surface area contributed by atoms with Crippen LogP contribution in [0.2, 0.25) is 0 Å². The number of hydrogen-bond donors (Lipinski definition) is 1. The zero-order chi connectivity index (χ0) is 24.8. The lowest BCUT2D eigenvalue weighted by atomic mass is 10.2. The Labute approximate surface area is 188 Å². The number of methoxy groups -OCH3 is 2. The van der Waals surface area contributed by atoms with Gasteiger partial charge in [0.15, 0.2) is 11.5 Å². The quantitative estimate of drug-likeness (QED) is 0.376. The van der Waals surface area contributed by atoms with Crippen molar-refractivity contribution < 1.29 is 36.2 Å². The Balaban J connectivity index is 2.22. The summed E-state index contributed by atoms with van der Waals surface area (Å²) < 4.78 is 59.6. The van der Waals surface area contributed by atoms with Crippen LogP contribution >= 0.6 is 0 Å². The number of rotatable bonds is 10. The van der Waals surface area contributed by atoms with Gasteiger partial charge in [0.1, 0.15) is 0 Å². The summed E-state index contributed by atoms with van der Waals surface area (Å²) in [7, 11) is -6.58. The van der Waals surface area contributed by atoms with Gasteiger partial charge in [0.25, 0.3) is 0 Å². The molecule has 0 aliphatic heterocycles. The van der Waals surface area contributed by atoms with Crippen LogP contribution in [0.15, 0.2) is 47.2 Å². The molecule has 176 valence electrons. The first-order valence-corrected chi connectivity index (χ1v) is 11.8. The smallest absolute Gasteiger partial charge is 0.311 e. The first-order chi connectivity index (χ1) is 15.4. The van der Waals surface area contributed by atoms with Gasteiger partial charge in [-0.15, -0.1) is 4.13 Å². The van der Waals surface area contributed by atoms with E-state index in [1.807, 2.05) is 0 Å². The second kappa shape index (κ2) is 10.2. The zero-order valence-corrected chi connectivity index (χ0v) is 18.7. The fraction of sp³-hybridized carbons (Fsp3) is 0.111. The standard InChI is InChI=1S/C18H17N3O10S2/c1-30-17-5-3-13(11-15(17)20(22)23)7-9-32(26,27)19-33(28,29)10-8-14-4-6-18(31-2)16(12-14)21(24)25/h3-12,19H,1-2H3. The van der Waals surface area contributed by atoms with Crippen molar-refractivity contribution in [1.82, 2.24) is 4.13 Å². The van der Waals surface area contributed by atoms with E-state index in [4.69, 9.17) is 9.47 Å². The van der Waals surface area contributed by atoms with Crippen LogP contribution in [0.3, 0.4) is 0 Å². The molecule has 0 amide bonds. The number of sulfonamides is 2. The number of nitrogens with one attached hydrogen (secondary N) is 1. The fourth-order valence-electron chi connectivity index (χ4n) is 2.46. The summed E-state index contributed by atoms with van der Waals surface area (Å²) in [5, 5.41) is 23.1. The third kappa shape index (κ3) is 7.09. The van der Waals surface area contributed by atoms with Crippen LogP contribution in [0.25, 0.3) is 12.2 Å². The minimum Gasteiger partial charge on any atom is -0.490 e. The molecule has 0 spiro atoms. The monoisotopic (exact) mass is 499 g/mol. The van der Waals surface area contributed by atoms with E-state index in [0.29, 0.717) is 10.8 Å². The molecule has 0 aliphatic rings. The zero-order valence-electron chi connectivity index (χ0n) is 17.1. The van der Waals surface area contributed by atoms with Crippen molar-refractivity contribution in [3.8, 4) is 11.5 Å². The number of ether oxygens (including phenoxy) is 2. The molecule has 0 saturated heterocycles. The highest BCUT2D eigenvalue weighted by atomic mass is 32.3. The predicted molar refractivity (Wildman–Crippen MR) is 118 cm³/mol. The van der Waals surface area contributed by atoms with Crippen molar-refractivity contribution >= 4 is 43.6 Å². The minimum absolute atomic E-state index is 0.0374. The molecule has 0 aromatic heterocycles. The molecule has 13 nitrogen and oxygen atoms in total. The van der Waals surface area contributed by atoms with Crippen molar-refractivity contribution in [3.05, 3.63) is 78.6 Å². The molecule has 2 rings (SSSR count). The lowest BCUT2D eigenvalue weighted by Gasteiger charge is -2.03. The van der Waals surface area contributed by atoms with Gasteiger partial charge in [-0.3, -0.25) is 20.2 Å². The first-order valence-electron chi connectivity index (χ1n) is 8.67. The third-order valence-electron chi connectivity index (χ3n) is 3.91. The fourth-order valence-corrected chi connectivity index (χ4v) is 4.87. The van der Waals surface area contributed by atoms with Crippen LogP contribution in [0, 0.1) is 20.2 Å². The maximum absolute atomic E-state index is 12.1. The molecule has 0 atom stereocenters. The van der Waals surface area contributed by atoms with Gasteiger partial charge in [0, 0.05) is 22.9 Å². The Morgan fingerprint density at radius 1 is 0.758 bits per heavy atom. The van der Waals surface area contributed by atoms with E-state index in [9.17, 15) is 37.1 Å². The van der Waals surface area contributed by atoms with Gasteiger partial charge in [-0.25, -0.2) is 16.8 Å². The predicted octanol–water partition coefficient (Wildman–Crippen LogP) is 2.41. The molecule has 0 aliphatic carbocycles. The minimum atomic E-state index is -4.52. The average Bonchev–Trinajstić information content (AvgIpc) is 2.75. The van der Waals surface area contributed by atoms with Crippen LogP contribution in [0.5, 0.6) is 11.5 Å². The van der Waals surface area contributed by atoms with E-state index in [1.165, 1.54) is 42.6 Å². The Hall–Kier alpha value is -3.82. The summed E-state index contributed by atoms with van der Waals surface area (Å²) in [5.41, 5.74) is -0.610. The van der Waals surface area contributed by atoms with Crippen LogP contribution in [0.1, 0.15) is 11.1 Å². The van der Waals surface area contributed by atoms with Crippen molar-refractivity contribution in [2.24, 2.45) is 0 Å². The third-order valence-corrected chi connectivity index (χ3v) is 6.76. The highest BCUT2D eigenvalue weighted by Crippen LogP contribution is 2.29. The summed E-state index contributed by atoms with van der Waals surface area (Å²) >= 11 is 0. The molecule has 0 bridgehead atoms. The summed E-state index contributed by atoms with van der Waals surface area (Å²) in [6, 6.07) is 7.29. The van der Waals surface area contributed by atoms with Gasteiger partial charge in [0.05, 0.1) is 24.1 Å². The molecule has 0 saturated carbocycles. The van der Waals surface area contributed by atoms with Gasteiger partial charge in [-0.1, -0.05) is 12.1 Å². The highest BCUT2D eigenvalue weighted by molar-refractivity contribution is 8.07. The molecule has 0 unspecified atom stereocenters. The van der Waals surface area contributed by atoms with E-state index in [2.05, 4.69) is 0 Å². The number of nitro groups is 2. The Morgan fingerprint density at radius 2 is 1.12 bits per heavy atom. The topological polar surface area (TPSA) is 185 Å². The molecule has 1 N–H and O–H groups in total. The van der Waals surface area contributed by atoms with Gasteiger partial charge >= 0.3 is 11.4 Å². The van der Waals surface area contributed by atoms with Crippen molar-refractivity contribution in [2.75, 3.05) is 14.2 Å². The van der Waals surface area contributed by atoms with Crippen LogP contribution in [-0.2, 0) is 20.0 Å². The van der Waals surface area contributed by atoms with E-state index < -0.39 is 41.3 Å². The van der Waals surface area contributed by atoms with Gasteiger partial charge in [-0.05, 0) is 35.4 Å². The maximum atomic E-state index is 12.1. The summed E-state index contributed by atoms with van der Waals surface area (Å²) in [6.07, 6.45) is 1.92. The number of nitrogens with zero attached hydrogens (tertiary/aromatic N) is 2. The Kier molecular flexibility index (Phi) is 7.86. The maximum Gasteiger partial charge on any atom is 0.311 e. The first kappa shape index (κ1) is 25.4. The van der Waals surface area contributed by atoms with Crippen LogP contribution in [-0.4, -0.2) is 40.9 Å². The molecule has 2 aromatic rings. The average molecular weight is 499 g/mol. The van der Waals surface area contributed by atoms with Gasteiger partial charge in [-0.2, -0.15) is 0 Å². The lowest BCUT2D eigenvalue weighted by molar-refractivity contribution is -0.385. The van der Waals surface area contributed by atoms with Crippen molar-refractivity contribution in [1.29, 1.82) is 0 Å². The molecule has 0 heterocycles. The van der Waals surface area contributed by atoms with Gasteiger partial charge in [0.2, 0.25) is 20.0 Å². The van der Waals surface area contributed by atoms with E-state index in [0.717, 1.165) is 24.3 Å². The molecule has 0 radical (unpaired) electrons. The summed E-state index contributed by atoms with van der Waals surface area (Å²) in [5.74, 6) is -0.0748. The normalized spacial score (nSPS) is 12.2. The molecular weight excluding hydrogens is 482 g/mol. The van der Waals surface area contributed by atoms with Gasteiger partial charge < -0.3 is 9.47 Å². The second-order valence-corrected chi connectivity index (χ2v) is 9.55. The number of hydrogen-bond acceptors (Lipinski definition) is 10. The lowest BCUT2D eigenvalue weighted by Crippen LogP contribution is -2.26. The summed E-state index contributed by atoms with van der Waals surface area (Å²) in [6.45, 7) is 0. The number of benzene rings is 2. The molecule has 33 heavy (non-hydrogen) atoms. The van der Waals surface area contributed by atoms with Crippen LogP contribution < -0.4 is 13.6 Å². The summed E-state index contributed by atoms with van der Waals surface area (Å²) in [4.78, 5) is 20.6. The molecular formula is C18H17N3O10S2. The molecule has 0 fully saturated rings. The largest absolute Gasteiger partial charge is 0.490 e. The SMILES string of the molecule is COc1ccc(C=CS(=O)(=O)NS(=O)(=O)C=Cc2ccc(OC)c([N+](=O)[O-])c2)cc1[N+](=O)[O-].